The fourth-order valence-corrected chi connectivity index (χ4v) is 0.488. The van der Waals surface area contributed by atoms with Crippen molar-refractivity contribution in [1.82, 2.24) is 0 Å². The lowest BCUT2D eigenvalue weighted by molar-refractivity contribution is -0.120. The molecule has 0 saturated carbocycles. The summed E-state index contributed by atoms with van der Waals surface area (Å²) in [6, 6.07) is 3.26. The Labute approximate surface area is 57.6 Å². The van der Waals surface area contributed by atoms with Crippen LogP contribution in [0.25, 0.3) is 0 Å². The molecule has 10 heavy (non-hydrogen) atoms. The Balaban J connectivity index is 2.35. The highest BCUT2D eigenvalue weighted by atomic mass is 16.6. The molecule has 4 nitrogen and oxygen atoms in total. The van der Waals surface area contributed by atoms with Crippen LogP contribution in [0.15, 0.2) is 22.8 Å². The number of hydrogen-bond acceptors (Lipinski definition) is 3. The Morgan fingerprint density at radius 3 is 3.10 bits per heavy atom. The molecular formula is C6H7NO3. The molecule has 0 fully saturated rings. The zero-order valence-electron chi connectivity index (χ0n) is 5.24. The third-order valence-corrected chi connectivity index (χ3v) is 0.852. The molecule has 1 amide bonds. The van der Waals surface area contributed by atoms with E-state index in [0.29, 0.717) is 5.95 Å². The molecule has 1 rings (SSSR count). The number of ether oxygens (including phenoxy) is 1. The fourth-order valence-electron chi connectivity index (χ4n) is 0.488. The van der Waals surface area contributed by atoms with Crippen LogP contribution in [-0.2, 0) is 4.79 Å². The number of primary amides is 1. The molecule has 0 aliphatic carbocycles. The summed E-state index contributed by atoms with van der Waals surface area (Å²) in [5.41, 5.74) is 4.80. The van der Waals surface area contributed by atoms with Crippen molar-refractivity contribution < 1.29 is 13.9 Å². The molecule has 0 atom stereocenters. The molecule has 0 aromatic carbocycles. The van der Waals surface area contributed by atoms with Crippen LogP contribution >= 0.6 is 0 Å². The Hall–Kier alpha value is -1.45. The fraction of sp³-hybridized carbons (Fsp3) is 0.167. The normalized spacial score (nSPS) is 9.20. The summed E-state index contributed by atoms with van der Waals surface area (Å²) in [5.74, 6) is -0.213. The first kappa shape index (κ1) is 6.67. The SMILES string of the molecule is NC(=O)COc1ccco1. The summed E-state index contributed by atoms with van der Waals surface area (Å²) in [5, 5.41) is 0. The van der Waals surface area contributed by atoms with Gasteiger partial charge in [0.2, 0.25) is 0 Å². The second-order valence-corrected chi connectivity index (χ2v) is 1.69. The first-order valence-corrected chi connectivity index (χ1v) is 2.73. The molecule has 1 aromatic heterocycles. The maximum absolute atomic E-state index is 10.2. The summed E-state index contributed by atoms with van der Waals surface area (Å²) in [7, 11) is 0. The van der Waals surface area contributed by atoms with Gasteiger partial charge in [0.05, 0.1) is 6.26 Å². The van der Waals surface area contributed by atoms with Gasteiger partial charge in [0, 0.05) is 6.07 Å². The van der Waals surface area contributed by atoms with E-state index in [0.717, 1.165) is 0 Å². The quantitative estimate of drug-likeness (QED) is 0.651. The number of rotatable bonds is 3. The average Bonchev–Trinajstić information content (AvgIpc) is 2.34. The molecule has 0 aliphatic heterocycles. The lowest BCUT2D eigenvalue weighted by Crippen LogP contribution is -2.19. The van der Waals surface area contributed by atoms with Crippen LogP contribution in [0.5, 0.6) is 5.95 Å². The van der Waals surface area contributed by atoms with Gasteiger partial charge in [-0.2, -0.15) is 0 Å². The minimum absolute atomic E-state index is 0.145. The first-order chi connectivity index (χ1) is 4.79. The number of amides is 1. The molecule has 1 aromatic rings. The van der Waals surface area contributed by atoms with Crippen molar-refractivity contribution >= 4 is 5.91 Å². The first-order valence-electron chi connectivity index (χ1n) is 2.73. The van der Waals surface area contributed by atoms with Gasteiger partial charge in [-0.25, -0.2) is 0 Å². The van der Waals surface area contributed by atoms with Crippen LogP contribution in [0.1, 0.15) is 0 Å². The molecule has 4 heteroatoms. The monoisotopic (exact) mass is 141 g/mol. The topological polar surface area (TPSA) is 65.5 Å². The van der Waals surface area contributed by atoms with Crippen molar-refractivity contribution in [3.8, 4) is 5.95 Å². The van der Waals surface area contributed by atoms with Crippen LogP contribution in [-0.4, -0.2) is 12.5 Å². The van der Waals surface area contributed by atoms with Crippen molar-refractivity contribution in [2.24, 2.45) is 5.73 Å². The third-order valence-electron chi connectivity index (χ3n) is 0.852. The number of hydrogen-bond donors (Lipinski definition) is 1. The van der Waals surface area contributed by atoms with Crippen molar-refractivity contribution in [1.29, 1.82) is 0 Å². The van der Waals surface area contributed by atoms with Crippen LogP contribution in [0.3, 0.4) is 0 Å². The van der Waals surface area contributed by atoms with E-state index < -0.39 is 5.91 Å². The molecule has 0 spiro atoms. The second-order valence-electron chi connectivity index (χ2n) is 1.69. The Kier molecular flexibility index (Phi) is 1.94. The highest BCUT2D eigenvalue weighted by Gasteiger charge is 1.97. The van der Waals surface area contributed by atoms with E-state index in [4.69, 9.17) is 14.9 Å². The van der Waals surface area contributed by atoms with Crippen LogP contribution in [0.2, 0.25) is 0 Å². The molecule has 0 unspecified atom stereocenters. The largest absolute Gasteiger partial charge is 0.455 e. The zero-order chi connectivity index (χ0) is 7.40. The second kappa shape index (κ2) is 2.91. The molecule has 54 valence electrons. The van der Waals surface area contributed by atoms with E-state index in [1.807, 2.05) is 0 Å². The van der Waals surface area contributed by atoms with Crippen molar-refractivity contribution in [2.75, 3.05) is 6.61 Å². The number of furan rings is 1. The maximum atomic E-state index is 10.2. The molecule has 1 heterocycles. The third kappa shape index (κ3) is 1.81. The van der Waals surface area contributed by atoms with E-state index in [9.17, 15) is 4.79 Å². The van der Waals surface area contributed by atoms with E-state index in [2.05, 4.69) is 0 Å². The smallest absolute Gasteiger partial charge is 0.284 e. The summed E-state index contributed by atoms with van der Waals surface area (Å²) < 4.78 is 9.52. The van der Waals surface area contributed by atoms with Gasteiger partial charge >= 0.3 is 0 Å². The highest BCUT2D eigenvalue weighted by Crippen LogP contribution is 2.08. The van der Waals surface area contributed by atoms with E-state index in [1.165, 1.54) is 6.26 Å². The van der Waals surface area contributed by atoms with Gasteiger partial charge in [0.1, 0.15) is 0 Å². The molecule has 0 radical (unpaired) electrons. The van der Waals surface area contributed by atoms with Crippen LogP contribution < -0.4 is 10.5 Å². The zero-order valence-corrected chi connectivity index (χ0v) is 5.24. The van der Waals surface area contributed by atoms with Crippen LogP contribution in [0.4, 0.5) is 0 Å². The van der Waals surface area contributed by atoms with Gasteiger partial charge in [0.15, 0.2) is 6.61 Å². The van der Waals surface area contributed by atoms with Crippen LogP contribution in [0, 0.1) is 0 Å². The molecule has 2 N–H and O–H groups in total. The predicted molar refractivity (Wildman–Crippen MR) is 33.4 cm³/mol. The minimum Gasteiger partial charge on any atom is -0.455 e. The summed E-state index contributed by atoms with van der Waals surface area (Å²) in [6.45, 7) is -0.145. The molecule has 0 bridgehead atoms. The molecule has 0 aliphatic rings. The summed E-state index contributed by atoms with van der Waals surface area (Å²) in [4.78, 5) is 10.2. The minimum atomic E-state index is -0.517. The van der Waals surface area contributed by atoms with Gasteiger partial charge in [-0.1, -0.05) is 0 Å². The van der Waals surface area contributed by atoms with E-state index >= 15 is 0 Å². The van der Waals surface area contributed by atoms with Crippen molar-refractivity contribution in [3.05, 3.63) is 18.4 Å². The maximum Gasteiger partial charge on any atom is 0.284 e. The van der Waals surface area contributed by atoms with Crippen molar-refractivity contribution in [2.45, 2.75) is 0 Å². The van der Waals surface area contributed by atoms with Crippen molar-refractivity contribution in [3.63, 3.8) is 0 Å². The number of nitrogens with two attached hydrogens (primary N) is 1. The standard InChI is InChI=1S/C6H7NO3/c7-5(8)4-10-6-2-1-3-9-6/h1-3H,4H2,(H2,7,8). The molecular weight excluding hydrogens is 134 g/mol. The lowest BCUT2D eigenvalue weighted by Gasteiger charge is -1.95. The van der Waals surface area contributed by atoms with Gasteiger partial charge in [0.25, 0.3) is 11.9 Å². The van der Waals surface area contributed by atoms with E-state index in [-0.39, 0.29) is 6.61 Å². The van der Waals surface area contributed by atoms with E-state index in [1.54, 1.807) is 12.1 Å². The number of carbonyl (C=O) groups is 1. The van der Waals surface area contributed by atoms with Gasteiger partial charge in [-0.3, -0.25) is 4.79 Å². The lowest BCUT2D eigenvalue weighted by atomic mass is 10.6. The Bertz CT molecular complexity index is 205. The van der Waals surface area contributed by atoms with Gasteiger partial charge < -0.3 is 14.9 Å². The Morgan fingerprint density at radius 1 is 1.80 bits per heavy atom. The molecule has 0 saturated heterocycles. The Morgan fingerprint density at radius 2 is 2.60 bits per heavy atom. The van der Waals surface area contributed by atoms with Gasteiger partial charge in [-0.05, 0) is 6.07 Å². The predicted octanol–water partition coefficient (Wildman–Crippen LogP) is 0.144. The van der Waals surface area contributed by atoms with Gasteiger partial charge in [-0.15, -0.1) is 0 Å². The summed E-state index contributed by atoms with van der Waals surface area (Å²) in [6.07, 6.45) is 1.45. The summed E-state index contributed by atoms with van der Waals surface area (Å²) >= 11 is 0. The highest BCUT2D eigenvalue weighted by molar-refractivity contribution is 5.75. The number of carbonyl (C=O) groups excluding carboxylic acids is 1. The average molecular weight is 141 g/mol.